The van der Waals surface area contributed by atoms with Crippen molar-refractivity contribution in [2.45, 2.75) is 45.6 Å². The van der Waals surface area contributed by atoms with Crippen LogP contribution in [0.1, 0.15) is 39.5 Å². The van der Waals surface area contributed by atoms with Crippen LogP contribution in [0.5, 0.6) is 0 Å². The fraction of sp³-hybridized carbons (Fsp3) is 1.00. The third-order valence-electron chi connectivity index (χ3n) is 2.66. The van der Waals surface area contributed by atoms with E-state index in [-0.39, 0.29) is 0 Å². The lowest BCUT2D eigenvalue weighted by Gasteiger charge is -2.33. The highest BCUT2D eigenvalue weighted by molar-refractivity contribution is 4.74. The monoisotopic (exact) mass is 155 g/mol. The van der Waals surface area contributed by atoms with Crippen LogP contribution in [0.15, 0.2) is 0 Å². The van der Waals surface area contributed by atoms with Crippen molar-refractivity contribution in [3.63, 3.8) is 0 Å². The van der Waals surface area contributed by atoms with Gasteiger partial charge in [-0.25, -0.2) is 0 Å². The Morgan fingerprint density at radius 3 is 2.64 bits per heavy atom. The largest absolute Gasteiger partial charge is 0.303 e. The second-order valence-corrected chi connectivity index (χ2v) is 4.26. The first-order valence-electron chi connectivity index (χ1n) is 4.90. The minimum Gasteiger partial charge on any atom is -0.303 e. The number of hydrogen-bond donors (Lipinski definition) is 0. The van der Waals surface area contributed by atoms with E-state index in [4.69, 9.17) is 0 Å². The fourth-order valence-corrected chi connectivity index (χ4v) is 1.99. The highest BCUT2D eigenvalue weighted by atomic mass is 15.1. The van der Waals surface area contributed by atoms with Crippen LogP contribution in [0.25, 0.3) is 0 Å². The maximum absolute atomic E-state index is 2.53. The molecule has 11 heavy (non-hydrogen) atoms. The van der Waals surface area contributed by atoms with E-state index in [1.165, 1.54) is 32.2 Å². The summed E-state index contributed by atoms with van der Waals surface area (Å²) in [7, 11) is 2.27. The van der Waals surface area contributed by atoms with E-state index >= 15 is 0 Å². The van der Waals surface area contributed by atoms with Crippen LogP contribution in [0.4, 0.5) is 0 Å². The molecule has 1 atom stereocenters. The summed E-state index contributed by atoms with van der Waals surface area (Å²) in [4.78, 5) is 2.53. The maximum atomic E-state index is 2.53. The highest BCUT2D eigenvalue weighted by Crippen LogP contribution is 2.20. The van der Waals surface area contributed by atoms with Crippen LogP contribution in [0, 0.1) is 5.92 Å². The normalized spacial score (nSPS) is 27.8. The van der Waals surface area contributed by atoms with Gasteiger partial charge in [0.15, 0.2) is 0 Å². The predicted molar refractivity (Wildman–Crippen MR) is 49.7 cm³/mol. The summed E-state index contributed by atoms with van der Waals surface area (Å²) in [6.45, 7) is 5.96. The molecule has 0 unspecified atom stereocenters. The van der Waals surface area contributed by atoms with Crippen LogP contribution < -0.4 is 0 Å². The average molecular weight is 155 g/mol. The van der Waals surface area contributed by atoms with Gasteiger partial charge in [-0.15, -0.1) is 0 Å². The lowest BCUT2D eigenvalue weighted by Crippen LogP contribution is -2.36. The molecule has 1 heteroatoms. The zero-order chi connectivity index (χ0) is 8.27. The van der Waals surface area contributed by atoms with Crippen LogP contribution in [0.3, 0.4) is 0 Å². The molecule has 0 aromatic carbocycles. The van der Waals surface area contributed by atoms with Gasteiger partial charge in [0.2, 0.25) is 0 Å². The molecular formula is C10H21N. The van der Waals surface area contributed by atoms with E-state index in [1.54, 1.807) is 0 Å². The zero-order valence-electron chi connectivity index (χ0n) is 8.14. The van der Waals surface area contributed by atoms with Gasteiger partial charge < -0.3 is 4.90 Å². The number of rotatable bonds is 2. The molecule has 1 saturated heterocycles. The Morgan fingerprint density at radius 2 is 2.09 bits per heavy atom. The van der Waals surface area contributed by atoms with Crippen molar-refractivity contribution >= 4 is 0 Å². The predicted octanol–water partition coefficient (Wildman–Crippen LogP) is 2.52. The number of piperidine rings is 1. The summed E-state index contributed by atoms with van der Waals surface area (Å²) in [5.41, 5.74) is 0. The summed E-state index contributed by atoms with van der Waals surface area (Å²) in [6, 6.07) is 0.878. The van der Waals surface area contributed by atoms with Gasteiger partial charge in [0.05, 0.1) is 0 Å². The molecule has 66 valence electrons. The molecule has 1 fully saturated rings. The molecule has 1 aliphatic rings. The number of nitrogens with zero attached hydrogens (tertiary/aromatic N) is 1. The Kier molecular flexibility index (Phi) is 3.38. The molecule has 0 aromatic rings. The third-order valence-corrected chi connectivity index (χ3v) is 2.66. The summed E-state index contributed by atoms with van der Waals surface area (Å²) in [6.07, 6.45) is 5.66. The Bertz CT molecular complexity index is 109. The second-order valence-electron chi connectivity index (χ2n) is 4.26. The molecule has 0 amide bonds. The molecule has 0 saturated carbocycles. The summed E-state index contributed by atoms with van der Waals surface area (Å²) in [5.74, 6) is 0.862. The Morgan fingerprint density at radius 1 is 1.36 bits per heavy atom. The number of hydrogen-bond acceptors (Lipinski definition) is 1. The topological polar surface area (TPSA) is 3.24 Å². The minimum atomic E-state index is 0.862. The van der Waals surface area contributed by atoms with E-state index in [9.17, 15) is 0 Å². The number of likely N-dealkylation sites (tertiary alicyclic amines) is 1. The van der Waals surface area contributed by atoms with Crippen molar-refractivity contribution < 1.29 is 0 Å². The minimum absolute atomic E-state index is 0.862. The van der Waals surface area contributed by atoms with E-state index in [0.29, 0.717) is 0 Å². The van der Waals surface area contributed by atoms with Crippen LogP contribution in [0.2, 0.25) is 0 Å². The molecule has 1 nitrogen and oxygen atoms in total. The van der Waals surface area contributed by atoms with Gasteiger partial charge in [-0.1, -0.05) is 20.3 Å². The zero-order valence-corrected chi connectivity index (χ0v) is 8.14. The molecule has 0 aromatic heterocycles. The Labute approximate surface area is 70.8 Å². The molecule has 0 aliphatic carbocycles. The third kappa shape index (κ3) is 2.82. The Hall–Kier alpha value is -0.0400. The first-order valence-corrected chi connectivity index (χ1v) is 4.90. The summed E-state index contributed by atoms with van der Waals surface area (Å²) in [5, 5.41) is 0. The molecule has 0 spiro atoms. The standard InChI is InChI=1S/C10H21N/c1-9(2)8-10-6-4-5-7-11(10)3/h9-10H,4-8H2,1-3H3/t10-/m1/s1. The van der Waals surface area contributed by atoms with Crippen molar-refractivity contribution in [2.24, 2.45) is 5.92 Å². The van der Waals surface area contributed by atoms with Gasteiger partial charge in [-0.2, -0.15) is 0 Å². The van der Waals surface area contributed by atoms with Crippen molar-refractivity contribution in [1.29, 1.82) is 0 Å². The van der Waals surface area contributed by atoms with Crippen LogP contribution >= 0.6 is 0 Å². The van der Waals surface area contributed by atoms with Gasteiger partial charge in [0.25, 0.3) is 0 Å². The molecule has 0 radical (unpaired) electrons. The summed E-state index contributed by atoms with van der Waals surface area (Å²) < 4.78 is 0. The second kappa shape index (κ2) is 4.10. The molecular weight excluding hydrogens is 134 g/mol. The van der Waals surface area contributed by atoms with Gasteiger partial charge in [-0.3, -0.25) is 0 Å². The first-order chi connectivity index (χ1) is 5.20. The SMILES string of the molecule is CC(C)C[C@H]1CCCCN1C. The van der Waals surface area contributed by atoms with E-state index in [0.717, 1.165) is 12.0 Å². The van der Waals surface area contributed by atoms with Crippen molar-refractivity contribution in [1.82, 2.24) is 4.90 Å². The lowest BCUT2D eigenvalue weighted by molar-refractivity contribution is 0.163. The van der Waals surface area contributed by atoms with Gasteiger partial charge in [0, 0.05) is 6.04 Å². The Balaban J connectivity index is 2.29. The molecule has 1 rings (SSSR count). The van der Waals surface area contributed by atoms with Gasteiger partial charge >= 0.3 is 0 Å². The maximum Gasteiger partial charge on any atom is 0.00946 e. The van der Waals surface area contributed by atoms with Crippen molar-refractivity contribution in [2.75, 3.05) is 13.6 Å². The van der Waals surface area contributed by atoms with Crippen molar-refractivity contribution in [3.05, 3.63) is 0 Å². The average Bonchev–Trinajstić information content (AvgIpc) is 1.93. The quantitative estimate of drug-likeness (QED) is 0.592. The molecule has 0 bridgehead atoms. The lowest BCUT2D eigenvalue weighted by atomic mass is 9.95. The smallest absolute Gasteiger partial charge is 0.00946 e. The van der Waals surface area contributed by atoms with E-state index < -0.39 is 0 Å². The van der Waals surface area contributed by atoms with E-state index in [2.05, 4.69) is 25.8 Å². The van der Waals surface area contributed by atoms with Crippen LogP contribution in [-0.4, -0.2) is 24.5 Å². The fourth-order valence-electron chi connectivity index (χ4n) is 1.99. The summed E-state index contributed by atoms with van der Waals surface area (Å²) >= 11 is 0. The first kappa shape index (κ1) is 9.05. The molecule has 0 N–H and O–H groups in total. The molecule has 1 aliphatic heterocycles. The van der Waals surface area contributed by atoms with Crippen molar-refractivity contribution in [3.8, 4) is 0 Å². The van der Waals surface area contributed by atoms with Gasteiger partial charge in [-0.05, 0) is 38.8 Å². The van der Waals surface area contributed by atoms with Gasteiger partial charge in [0.1, 0.15) is 0 Å². The van der Waals surface area contributed by atoms with E-state index in [1.807, 2.05) is 0 Å². The highest BCUT2D eigenvalue weighted by Gasteiger charge is 2.18. The molecule has 1 heterocycles. The van der Waals surface area contributed by atoms with Crippen LogP contribution in [-0.2, 0) is 0 Å².